The lowest BCUT2D eigenvalue weighted by Crippen LogP contribution is -2.36. The molecule has 1 aromatic heterocycles. The Balaban J connectivity index is 1.61. The maximum Gasteiger partial charge on any atom is 0.321 e. The van der Waals surface area contributed by atoms with Crippen LogP contribution in [-0.2, 0) is 0 Å². The molecule has 122 valence electrons. The van der Waals surface area contributed by atoms with Crippen LogP contribution in [0.2, 0.25) is 0 Å². The number of urea groups is 1. The summed E-state index contributed by atoms with van der Waals surface area (Å²) >= 11 is 1.86. The Labute approximate surface area is 141 Å². The Bertz CT molecular complexity index is 649. The normalized spacial score (nSPS) is 18.5. The van der Waals surface area contributed by atoms with Crippen molar-refractivity contribution in [2.24, 2.45) is 0 Å². The summed E-state index contributed by atoms with van der Waals surface area (Å²) in [5.74, 6) is 1.93. The predicted molar refractivity (Wildman–Crippen MR) is 95.0 cm³/mol. The highest BCUT2D eigenvalue weighted by molar-refractivity contribution is 7.99. The molecule has 0 radical (unpaired) electrons. The molecule has 23 heavy (non-hydrogen) atoms. The number of carbonyl (C=O) groups excluding carboxylic acids is 1. The van der Waals surface area contributed by atoms with Crippen LogP contribution in [0.3, 0.4) is 0 Å². The average molecular weight is 330 g/mol. The van der Waals surface area contributed by atoms with Gasteiger partial charge in [-0.25, -0.2) is 4.79 Å². The zero-order valence-corrected chi connectivity index (χ0v) is 14.4. The maximum atomic E-state index is 12.5. The van der Waals surface area contributed by atoms with Gasteiger partial charge in [0.1, 0.15) is 5.76 Å². The van der Waals surface area contributed by atoms with Crippen molar-refractivity contribution in [1.29, 1.82) is 0 Å². The van der Waals surface area contributed by atoms with Gasteiger partial charge in [0.05, 0.1) is 11.5 Å². The number of aryl methyl sites for hydroxylation is 2. The first-order valence-electron chi connectivity index (χ1n) is 7.91. The topological polar surface area (TPSA) is 45.5 Å². The molecule has 1 aromatic carbocycles. The Morgan fingerprint density at radius 1 is 1.26 bits per heavy atom. The monoisotopic (exact) mass is 330 g/mol. The first-order chi connectivity index (χ1) is 11.1. The second kappa shape index (κ2) is 7.13. The number of furan rings is 1. The van der Waals surface area contributed by atoms with Crippen LogP contribution in [0, 0.1) is 13.8 Å². The summed E-state index contributed by atoms with van der Waals surface area (Å²) in [4.78, 5) is 14.4. The van der Waals surface area contributed by atoms with Crippen LogP contribution in [0.15, 0.2) is 41.0 Å². The molecule has 1 unspecified atom stereocenters. The molecule has 1 fully saturated rings. The van der Waals surface area contributed by atoms with Crippen LogP contribution in [0.25, 0.3) is 0 Å². The third-order valence-corrected chi connectivity index (χ3v) is 5.25. The molecule has 1 atom stereocenters. The van der Waals surface area contributed by atoms with Crippen molar-refractivity contribution in [2.45, 2.75) is 25.5 Å². The van der Waals surface area contributed by atoms with E-state index in [0.717, 1.165) is 47.8 Å². The first-order valence-corrected chi connectivity index (χ1v) is 8.96. The molecule has 1 aliphatic rings. The van der Waals surface area contributed by atoms with Gasteiger partial charge in [-0.05, 0) is 55.7 Å². The molecule has 0 aliphatic carbocycles. The van der Waals surface area contributed by atoms with Crippen molar-refractivity contribution < 1.29 is 9.21 Å². The quantitative estimate of drug-likeness (QED) is 0.874. The summed E-state index contributed by atoms with van der Waals surface area (Å²) in [5, 5.41) is 3.36. The Morgan fingerprint density at radius 2 is 2.04 bits per heavy atom. The summed E-state index contributed by atoms with van der Waals surface area (Å²) in [7, 11) is 0. The average Bonchev–Trinajstić information content (AvgIpc) is 2.90. The molecule has 0 bridgehead atoms. The molecule has 1 aliphatic heterocycles. The van der Waals surface area contributed by atoms with E-state index in [9.17, 15) is 4.79 Å². The first kappa shape index (κ1) is 16.0. The van der Waals surface area contributed by atoms with Crippen LogP contribution < -0.4 is 5.32 Å². The fourth-order valence-corrected chi connectivity index (χ4v) is 4.11. The van der Waals surface area contributed by atoms with Gasteiger partial charge in [0, 0.05) is 24.5 Å². The van der Waals surface area contributed by atoms with Gasteiger partial charge in [-0.15, -0.1) is 11.8 Å². The second-order valence-corrected chi connectivity index (χ2v) is 7.27. The van der Waals surface area contributed by atoms with E-state index in [2.05, 4.69) is 11.4 Å². The highest BCUT2D eigenvalue weighted by atomic mass is 32.2. The highest BCUT2D eigenvalue weighted by Crippen LogP contribution is 2.34. The molecular weight excluding hydrogens is 308 g/mol. The Morgan fingerprint density at radius 3 is 2.74 bits per heavy atom. The zero-order valence-electron chi connectivity index (χ0n) is 13.5. The lowest BCUT2D eigenvalue weighted by atomic mass is 10.1. The minimum absolute atomic E-state index is 0.0179. The zero-order chi connectivity index (χ0) is 16.2. The molecule has 1 saturated heterocycles. The summed E-state index contributed by atoms with van der Waals surface area (Å²) in [6.45, 7) is 5.59. The minimum atomic E-state index is -0.0179. The molecule has 3 rings (SSSR count). The van der Waals surface area contributed by atoms with Gasteiger partial charge in [-0.3, -0.25) is 0 Å². The van der Waals surface area contributed by atoms with Crippen LogP contribution >= 0.6 is 11.8 Å². The number of nitrogens with zero attached hydrogens (tertiary/aromatic N) is 1. The lowest BCUT2D eigenvalue weighted by molar-refractivity contribution is 0.214. The van der Waals surface area contributed by atoms with Crippen molar-refractivity contribution >= 4 is 23.5 Å². The van der Waals surface area contributed by atoms with Crippen molar-refractivity contribution in [3.05, 3.63) is 53.5 Å². The molecule has 1 N–H and O–H groups in total. The number of thioether (sulfide) groups is 1. The third kappa shape index (κ3) is 4.10. The van der Waals surface area contributed by atoms with Gasteiger partial charge >= 0.3 is 6.03 Å². The van der Waals surface area contributed by atoms with Crippen LogP contribution in [0.1, 0.15) is 28.6 Å². The summed E-state index contributed by atoms with van der Waals surface area (Å²) < 4.78 is 5.51. The third-order valence-electron chi connectivity index (χ3n) is 3.96. The largest absolute Gasteiger partial charge is 0.468 e. The van der Waals surface area contributed by atoms with E-state index < -0.39 is 0 Å². The Kier molecular flexibility index (Phi) is 4.96. The minimum Gasteiger partial charge on any atom is -0.468 e. The molecule has 0 saturated carbocycles. The van der Waals surface area contributed by atoms with Crippen LogP contribution in [0.4, 0.5) is 10.5 Å². The fourth-order valence-electron chi connectivity index (χ4n) is 2.92. The number of carbonyl (C=O) groups is 1. The van der Waals surface area contributed by atoms with Gasteiger partial charge in [-0.2, -0.15) is 0 Å². The predicted octanol–water partition coefficient (Wildman–Crippen LogP) is 4.61. The van der Waals surface area contributed by atoms with E-state index in [1.165, 1.54) is 0 Å². The summed E-state index contributed by atoms with van der Waals surface area (Å²) in [6, 6.07) is 10.0. The molecule has 0 spiro atoms. The van der Waals surface area contributed by atoms with E-state index in [-0.39, 0.29) is 6.03 Å². The van der Waals surface area contributed by atoms with E-state index in [4.69, 9.17) is 4.42 Å². The van der Waals surface area contributed by atoms with E-state index in [1.807, 2.05) is 54.8 Å². The van der Waals surface area contributed by atoms with Crippen molar-refractivity contribution in [1.82, 2.24) is 4.90 Å². The second-order valence-electron chi connectivity index (χ2n) is 5.96. The van der Waals surface area contributed by atoms with Gasteiger partial charge in [0.15, 0.2) is 0 Å². The van der Waals surface area contributed by atoms with E-state index >= 15 is 0 Å². The molecular formula is C18H22N2O2S. The van der Waals surface area contributed by atoms with Gasteiger partial charge in [0.2, 0.25) is 0 Å². The molecule has 2 amide bonds. The molecule has 5 heteroatoms. The number of hydrogen-bond acceptors (Lipinski definition) is 3. The number of nitrogens with one attached hydrogen (secondary N) is 1. The molecule has 2 heterocycles. The summed E-state index contributed by atoms with van der Waals surface area (Å²) in [5.41, 5.74) is 3.18. The SMILES string of the molecule is Cc1cc(C)cc(NC(=O)N2CCSC(c3ccco3)CC2)c1. The van der Waals surface area contributed by atoms with Gasteiger partial charge in [-0.1, -0.05) is 6.07 Å². The van der Waals surface area contributed by atoms with Crippen molar-refractivity contribution in [2.75, 3.05) is 24.2 Å². The van der Waals surface area contributed by atoms with Crippen LogP contribution in [0.5, 0.6) is 0 Å². The van der Waals surface area contributed by atoms with E-state index in [0.29, 0.717) is 5.25 Å². The molecule has 2 aromatic rings. The van der Waals surface area contributed by atoms with E-state index in [1.54, 1.807) is 6.26 Å². The van der Waals surface area contributed by atoms with Gasteiger partial charge in [0.25, 0.3) is 0 Å². The van der Waals surface area contributed by atoms with Crippen molar-refractivity contribution in [3.8, 4) is 0 Å². The maximum absolute atomic E-state index is 12.5. The number of rotatable bonds is 2. The van der Waals surface area contributed by atoms with Gasteiger partial charge < -0.3 is 14.6 Å². The number of anilines is 1. The smallest absolute Gasteiger partial charge is 0.321 e. The fraction of sp³-hybridized carbons (Fsp3) is 0.389. The van der Waals surface area contributed by atoms with Crippen LogP contribution in [-0.4, -0.2) is 29.8 Å². The lowest BCUT2D eigenvalue weighted by Gasteiger charge is -2.21. The highest BCUT2D eigenvalue weighted by Gasteiger charge is 2.23. The summed E-state index contributed by atoms with van der Waals surface area (Å²) in [6.07, 6.45) is 2.63. The standard InChI is InChI=1S/C18H22N2O2S/c1-13-10-14(2)12-15(11-13)19-18(21)20-6-5-17(23-9-7-20)16-4-3-8-22-16/h3-4,8,10-12,17H,5-7,9H2,1-2H3,(H,19,21). The number of hydrogen-bond donors (Lipinski definition) is 1. The molecule has 4 nitrogen and oxygen atoms in total. The van der Waals surface area contributed by atoms with Crippen molar-refractivity contribution in [3.63, 3.8) is 0 Å². The Hall–Kier alpha value is -1.88. The number of benzene rings is 1. The number of amides is 2.